The van der Waals surface area contributed by atoms with E-state index in [2.05, 4.69) is 4.74 Å². The summed E-state index contributed by atoms with van der Waals surface area (Å²) >= 11 is 0. The van der Waals surface area contributed by atoms with Crippen LogP contribution in [0.25, 0.3) is 0 Å². The van der Waals surface area contributed by atoms with Crippen molar-refractivity contribution in [1.29, 1.82) is 0 Å². The predicted molar refractivity (Wildman–Crippen MR) is 139 cm³/mol. The fraction of sp³-hybridized carbons (Fsp3) is 0.818. The molecule has 220 valence electrons. The van der Waals surface area contributed by atoms with Gasteiger partial charge in [0.2, 0.25) is 0 Å². The summed E-state index contributed by atoms with van der Waals surface area (Å²) < 4.78 is 4.64. The Balaban J connectivity index is -0.000000535. The third kappa shape index (κ3) is 25.2. The summed E-state index contributed by atoms with van der Waals surface area (Å²) in [6, 6.07) is -3.47. The Morgan fingerprint density at radius 3 is 1.16 bits per heavy atom. The smallest absolute Gasteiger partial charge is 0.330 e. The topological polar surface area (TPSA) is 320 Å². The van der Waals surface area contributed by atoms with Crippen LogP contribution in [0.3, 0.4) is 0 Å². The third-order valence-electron chi connectivity index (χ3n) is 4.84. The number of hydrogen-bond donors (Lipinski definition) is 10. The molecule has 0 aliphatic heterocycles. The Morgan fingerprint density at radius 2 is 0.946 bits per heavy atom. The molecule has 0 rings (SSSR count). The van der Waals surface area contributed by atoms with Crippen molar-refractivity contribution < 1.29 is 39.2 Å². The van der Waals surface area contributed by atoms with Gasteiger partial charge in [-0.15, -0.1) is 0 Å². The van der Waals surface area contributed by atoms with Crippen molar-refractivity contribution in [3.63, 3.8) is 0 Å². The Bertz CT molecular complexity index is 600. The van der Waals surface area contributed by atoms with Gasteiger partial charge in [-0.3, -0.25) is 9.59 Å². The maximum absolute atomic E-state index is 11.5. The second-order valence-electron chi connectivity index (χ2n) is 8.36. The van der Waals surface area contributed by atoms with Crippen molar-refractivity contribution in [2.45, 2.75) is 95.0 Å². The van der Waals surface area contributed by atoms with E-state index in [1.54, 1.807) is 0 Å². The molecular weight excluding hydrogens is 490 g/mol. The van der Waals surface area contributed by atoms with Crippen molar-refractivity contribution in [1.82, 2.24) is 0 Å². The highest BCUT2D eigenvalue weighted by atomic mass is 16.6. The summed E-state index contributed by atoms with van der Waals surface area (Å²) in [4.78, 5) is 43.0. The molecule has 0 saturated carbocycles. The minimum Gasteiger partial charge on any atom is -0.480 e. The van der Waals surface area contributed by atoms with Gasteiger partial charge < -0.3 is 60.2 Å². The van der Waals surface area contributed by atoms with Gasteiger partial charge in [-0.25, -0.2) is 9.59 Å². The average Bonchev–Trinajstić information content (AvgIpc) is 2.84. The second kappa shape index (κ2) is 25.4. The van der Waals surface area contributed by atoms with Crippen LogP contribution in [-0.4, -0.2) is 89.1 Å². The summed E-state index contributed by atoms with van der Waals surface area (Å²) in [7, 11) is 0. The highest BCUT2D eigenvalue weighted by Crippen LogP contribution is 2.04. The zero-order valence-electron chi connectivity index (χ0n) is 21.8. The van der Waals surface area contributed by atoms with Gasteiger partial charge in [0.1, 0.15) is 24.2 Å². The Kier molecular flexibility index (Phi) is 27.0. The van der Waals surface area contributed by atoms with Crippen LogP contribution in [-0.2, 0) is 23.9 Å². The highest BCUT2D eigenvalue weighted by Gasteiger charge is 2.22. The minimum absolute atomic E-state index is 0.450. The van der Waals surface area contributed by atoms with Crippen LogP contribution in [0.15, 0.2) is 0 Å². The van der Waals surface area contributed by atoms with E-state index in [-0.39, 0.29) is 0 Å². The molecule has 15 heteroatoms. The van der Waals surface area contributed by atoms with E-state index < -0.39 is 54.1 Å². The summed E-state index contributed by atoms with van der Waals surface area (Å²) in [5.41, 5.74) is 37.2. The lowest BCUT2D eigenvalue weighted by Crippen LogP contribution is -2.39. The number of nitrogens with two attached hydrogens (primary N) is 7. The number of ether oxygens (including phenoxy) is 1. The monoisotopic (exact) mass is 539 g/mol. The van der Waals surface area contributed by atoms with Crippen molar-refractivity contribution in [2.24, 2.45) is 40.1 Å². The van der Waals surface area contributed by atoms with Gasteiger partial charge in [0.25, 0.3) is 0 Å². The Morgan fingerprint density at radius 1 is 0.622 bits per heavy atom. The van der Waals surface area contributed by atoms with Crippen molar-refractivity contribution in [3.8, 4) is 0 Å². The summed E-state index contributed by atoms with van der Waals surface area (Å²) in [5, 5.41) is 24.9. The van der Waals surface area contributed by atoms with E-state index in [0.717, 1.165) is 38.5 Å². The maximum Gasteiger partial charge on any atom is 0.330 e. The van der Waals surface area contributed by atoms with Crippen LogP contribution in [0.5, 0.6) is 0 Å². The number of carbonyl (C=O) groups is 4. The number of rotatable bonds is 17. The molecule has 0 aliphatic rings. The Hall–Kier alpha value is -2.24. The number of carbonyl (C=O) groups excluding carboxylic acids is 2. The molecule has 0 radical (unpaired) electrons. The molecule has 0 unspecified atom stereocenters. The first-order valence-corrected chi connectivity index (χ1v) is 12.3. The quantitative estimate of drug-likeness (QED) is 0.0509. The number of carboxylic acids is 2. The number of unbranched alkanes of at least 4 members (excludes halogenated alkanes) is 3. The highest BCUT2D eigenvalue weighted by molar-refractivity contribution is 5.90. The Labute approximate surface area is 218 Å². The van der Waals surface area contributed by atoms with Crippen molar-refractivity contribution in [2.75, 3.05) is 19.6 Å². The van der Waals surface area contributed by atoms with Gasteiger partial charge in [0.15, 0.2) is 0 Å². The molecule has 0 bridgehead atoms. The maximum atomic E-state index is 11.5. The SMILES string of the molecule is C[C@@H](O)[C@H](N)C(=O)O.NCCCC[C@H](N)C(=O)O.NCCCC[C@H](N)C(=O)OC(=O)[C@@H](N)CCCCN. The lowest BCUT2D eigenvalue weighted by atomic mass is 10.1. The van der Waals surface area contributed by atoms with Crippen LogP contribution in [0.1, 0.15) is 64.7 Å². The first-order valence-electron chi connectivity index (χ1n) is 12.3. The van der Waals surface area contributed by atoms with Gasteiger partial charge in [-0.2, -0.15) is 0 Å². The fourth-order valence-corrected chi connectivity index (χ4v) is 2.34. The first kappa shape index (κ1) is 39.3. The molecule has 15 nitrogen and oxygen atoms in total. The van der Waals surface area contributed by atoms with Crippen LogP contribution in [0, 0.1) is 0 Å². The molecular formula is C22H49N7O8. The molecule has 0 amide bonds. The summed E-state index contributed by atoms with van der Waals surface area (Å²) in [5.74, 6) is -3.57. The molecule has 17 N–H and O–H groups in total. The first-order chi connectivity index (χ1) is 17.3. The van der Waals surface area contributed by atoms with E-state index in [1.165, 1.54) is 6.92 Å². The van der Waals surface area contributed by atoms with Crippen LogP contribution in [0.2, 0.25) is 0 Å². The normalized spacial score (nSPS) is 14.4. The van der Waals surface area contributed by atoms with Crippen molar-refractivity contribution >= 4 is 23.9 Å². The molecule has 0 aromatic carbocycles. The molecule has 0 aromatic heterocycles. The van der Waals surface area contributed by atoms with Gasteiger partial charge in [0, 0.05) is 0 Å². The van der Waals surface area contributed by atoms with Crippen LogP contribution >= 0.6 is 0 Å². The van der Waals surface area contributed by atoms with Gasteiger partial charge >= 0.3 is 23.9 Å². The average molecular weight is 540 g/mol. The molecule has 0 aromatic rings. The summed E-state index contributed by atoms with van der Waals surface area (Å²) in [6.07, 6.45) is 5.11. The largest absolute Gasteiger partial charge is 0.480 e. The molecule has 0 heterocycles. The number of carboxylic acid groups (broad SMARTS) is 2. The standard InChI is InChI=1S/C12H26N4O3.C6H14N2O2.C4H9NO3/c13-7-3-1-5-9(15)11(17)19-12(18)10(16)6-2-4-8-14;7-4-2-1-3-5(8)6(9)10;1-2(6)3(5)4(7)8/h9-10H,1-8,13-16H2;5H,1-4,7-8H2,(H,9,10);2-3,6H,5H2,1H3,(H,7,8)/t9-,10-;5-;2-,3+/m001/s1. The molecule has 0 spiro atoms. The third-order valence-corrected chi connectivity index (χ3v) is 4.84. The zero-order valence-corrected chi connectivity index (χ0v) is 21.8. The number of aliphatic carboxylic acids is 2. The summed E-state index contributed by atoms with van der Waals surface area (Å²) in [6.45, 7) is 3.03. The van der Waals surface area contributed by atoms with E-state index >= 15 is 0 Å². The molecule has 0 aliphatic carbocycles. The molecule has 37 heavy (non-hydrogen) atoms. The number of esters is 2. The van der Waals surface area contributed by atoms with Gasteiger partial charge in [-0.05, 0) is 65.1 Å². The van der Waals surface area contributed by atoms with Crippen LogP contribution in [0.4, 0.5) is 0 Å². The van der Waals surface area contributed by atoms with E-state index in [4.69, 9.17) is 55.5 Å². The van der Waals surface area contributed by atoms with Crippen LogP contribution < -0.4 is 40.1 Å². The zero-order chi connectivity index (χ0) is 29.4. The minimum atomic E-state index is -1.18. The molecule has 0 saturated heterocycles. The van der Waals surface area contributed by atoms with Gasteiger partial charge in [-0.1, -0.05) is 19.3 Å². The molecule has 5 atom stereocenters. The number of hydrogen-bond acceptors (Lipinski definition) is 13. The lowest BCUT2D eigenvalue weighted by Gasteiger charge is -2.13. The fourth-order valence-electron chi connectivity index (χ4n) is 2.34. The number of aliphatic hydroxyl groups is 1. The van der Waals surface area contributed by atoms with Gasteiger partial charge in [0.05, 0.1) is 6.10 Å². The van der Waals surface area contributed by atoms with E-state index in [0.29, 0.717) is 38.9 Å². The number of aliphatic hydroxyl groups excluding tert-OH is 1. The van der Waals surface area contributed by atoms with E-state index in [1.807, 2.05) is 0 Å². The predicted octanol–water partition coefficient (Wildman–Crippen LogP) is -2.72. The van der Waals surface area contributed by atoms with Crippen molar-refractivity contribution in [3.05, 3.63) is 0 Å². The molecule has 0 fully saturated rings. The van der Waals surface area contributed by atoms with E-state index in [9.17, 15) is 19.2 Å². The second-order valence-corrected chi connectivity index (χ2v) is 8.36. The lowest BCUT2D eigenvalue weighted by molar-refractivity contribution is -0.161.